The molecule has 2 rings (SSSR count). The Morgan fingerprint density at radius 1 is 1.29 bits per heavy atom. The van der Waals surface area contributed by atoms with E-state index in [1.54, 1.807) is 24.3 Å². The molecule has 110 valence electrons. The molecule has 0 heterocycles. The fraction of sp³-hybridized carbons (Fsp3) is 0.250. The third kappa shape index (κ3) is 3.36. The highest BCUT2D eigenvalue weighted by atomic mass is 32.1. The smallest absolute Gasteiger partial charge is 0.252 e. The molecule has 0 aliphatic carbocycles. The molecule has 0 aliphatic heterocycles. The first kappa shape index (κ1) is 15.4. The van der Waals surface area contributed by atoms with Crippen molar-refractivity contribution in [2.75, 3.05) is 0 Å². The third-order valence-electron chi connectivity index (χ3n) is 3.34. The van der Waals surface area contributed by atoms with Crippen molar-refractivity contribution in [3.05, 3.63) is 47.8 Å². The molecule has 1 unspecified atom stereocenters. The van der Waals surface area contributed by atoms with Crippen LogP contribution in [0.2, 0.25) is 0 Å². The number of rotatable bonds is 5. The van der Waals surface area contributed by atoms with E-state index < -0.39 is 0 Å². The minimum Gasteiger partial charge on any atom is -0.392 e. The molecule has 0 fully saturated rings. The van der Waals surface area contributed by atoms with Crippen LogP contribution in [0.1, 0.15) is 30.1 Å². The molecule has 0 saturated heterocycles. The van der Waals surface area contributed by atoms with Crippen LogP contribution in [0.5, 0.6) is 0 Å². The van der Waals surface area contributed by atoms with E-state index in [-0.39, 0.29) is 22.8 Å². The Balaban J connectivity index is 2.36. The minimum atomic E-state index is -0.346. The molecule has 0 spiro atoms. The second-order valence-electron chi connectivity index (χ2n) is 4.86. The molecule has 21 heavy (non-hydrogen) atoms. The number of hydrogen-bond donors (Lipinski definition) is 2. The molecule has 2 aromatic carbocycles. The maximum Gasteiger partial charge on any atom is 0.252 e. The summed E-state index contributed by atoms with van der Waals surface area (Å²) >= 11 is 4.97. The van der Waals surface area contributed by atoms with Crippen LogP contribution >= 0.6 is 12.2 Å². The zero-order valence-electron chi connectivity index (χ0n) is 11.7. The van der Waals surface area contributed by atoms with Gasteiger partial charge in [-0.3, -0.25) is 4.79 Å². The van der Waals surface area contributed by atoms with E-state index in [2.05, 4.69) is 5.32 Å². The summed E-state index contributed by atoms with van der Waals surface area (Å²) in [6.07, 6.45) is 1.53. The van der Waals surface area contributed by atoms with Gasteiger partial charge >= 0.3 is 0 Å². The monoisotopic (exact) mass is 304 g/mol. The number of nitrogens with one attached hydrogen (secondary N) is 1. The van der Waals surface area contributed by atoms with Gasteiger partial charge < -0.3 is 11.1 Å². The predicted octanol–water partition coefficient (Wildman–Crippen LogP) is 3.16. The summed E-state index contributed by atoms with van der Waals surface area (Å²) in [7, 11) is 0. The number of amides is 1. The van der Waals surface area contributed by atoms with Crippen LogP contribution in [0.4, 0.5) is 4.39 Å². The number of carbonyl (C=O) groups is 1. The molecule has 1 atom stereocenters. The van der Waals surface area contributed by atoms with Crippen LogP contribution < -0.4 is 11.1 Å². The Kier molecular flexibility index (Phi) is 4.85. The number of halogens is 1. The standard InChI is InChI=1S/C16H17FN2OS/c1-2-5-14(15(18)21)19-16(20)12-8-9-13(17)11-7-4-3-6-10(11)12/h3-4,6-9,14H,2,5H2,1H3,(H2,18,21)(H,19,20). The summed E-state index contributed by atoms with van der Waals surface area (Å²) in [5.41, 5.74) is 6.06. The summed E-state index contributed by atoms with van der Waals surface area (Å²) < 4.78 is 13.8. The van der Waals surface area contributed by atoms with Crippen LogP contribution in [-0.2, 0) is 0 Å². The highest BCUT2D eigenvalue weighted by molar-refractivity contribution is 7.80. The van der Waals surface area contributed by atoms with E-state index in [1.165, 1.54) is 12.1 Å². The average Bonchev–Trinajstić information content (AvgIpc) is 2.47. The molecule has 0 aromatic heterocycles. The Hall–Kier alpha value is -2.01. The molecule has 3 nitrogen and oxygen atoms in total. The summed E-state index contributed by atoms with van der Waals surface area (Å²) in [6, 6.07) is 9.32. The van der Waals surface area contributed by atoms with E-state index in [9.17, 15) is 9.18 Å². The molecule has 0 aliphatic rings. The molecule has 1 amide bonds. The van der Waals surface area contributed by atoms with E-state index in [0.29, 0.717) is 22.8 Å². The van der Waals surface area contributed by atoms with Crippen LogP contribution in [0, 0.1) is 5.82 Å². The second-order valence-corrected chi connectivity index (χ2v) is 5.33. The Morgan fingerprint density at radius 2 is 1.95 bits per heavy atom. The van der Waals surface area contributed by atoms with E-state index in [1.807, 2.05) is 6.92 Å². The highest BCUT2D eigenvalue weighted by Crippen LogP contribution is 2.22. The number of fused-ring (bicyclic) bond motifs is 1. The predicted molar refractivity (Wildman–Crippen MR) is 86.9 cm³/mol. The average molecular weight is 304 g/mol. The minimum absolute atomic E-state index is 0.261. The van der Waals surface area contributed by atoms with Gasteiger partial charge in [-0.2, -0.15) is 0 Å². The lowest BCUT2D eigenvalue weighted by Crippen LogP contribution is -2.43. The second kappa shape index (κ2) is 6.63. The van der Waals surface area contributed by atoms with Gasteiger partial charge in [0.05, 0.1) is 11.0 Å². The van der Waals surface area contributed by atoms with Crippen molar-refractivity contribution in [2.24, 2.45) is 5.73 Å². The quantitative estimate of drug-likeness (QED) is 0.834. The van der Waals surface area contributed by atoms with Crippen LogP contribution in [0.15, 0.2) is 36.4 Å². The lowest BCUT2D eigenvalue weighted by atomic mass is 10.0. The van der Waals surface area contributed by atoms with Gasteiger partial charge in [-0.1, -0.05) is 49.8 Å². The Labute approximate surface area is 128 Å². The van der Waals surface area contributed by atoms with E-state index in [0.717, 1.165) is 6.42 Å². The van der Waals surface area contributed by atoms with Gasteiger partial charge in [-0.25, -0.2) is 4.39 Å². The Bertz CT molecular complexity index is 687. The van der Waals surface area contributed by atoms with E-state index >= 15 is 0 Å². The number of benzene rings is 2. The zero-order valence-corrected chi connectivity index (χ0v) is 12.5. The molecular weight excluding hydrogens is 287 g/mol. The lowest BCUT2D eigenvalue weighted by Gasteiger charge is -2.17. The SMILES string of the molecule is CCCC(NC(=O)c1ccc(F)c2ccccc12)C(N)=S. The number of hydrogen-bond acceptors (Lipinski definition) is 2. The van der Waals surface area contributed by atoms with Crippen molar-refractivity contribution in [3.8, 4) is 0 Å². The van der Waals surface area contributed by atoms with Crippen LogP contribution in [0.25, 0.3) is 10.8 Å². The number of thiocarbonyl (C=S) groups is 1. The van der Waals surface area contributed by atoms with Crippen LogP contribution in [0.3, 0.4) is 0 Å². The fourth-order valence-electron chi connectivity index (χ4n) is 2.27. The maximum absolute atomic E-state index is 13.8. The molecular formula is C16H17FN2OS. The topological polar surface area (TPSA) is 55.1 Å². The van der Waals surface area contributed by atoms with Gasteiger partial charge in [0.2, 0.25) is 0 Å². The van der Waals surface area contributed by atoms with Gasteiger partial charge in [0.15, 0.2) is 0 Å². The fourth-order valence-corrected chi connectivity index (χ4v) is 2.45. The first-order valence-electron chi connectivity index (χ1n) is 6.82. The largest absolute Gasteiger partial charge is 0.392 e. The molecule has 2 aromatic rings. The van der Waals surface area contributed by atoms with Crippen molar-refractivity contribution in [1.29, 1.82) is 0 Å². The summed E-state index contributed by atoms with van der Waals surface area (Å²) in [5, 5.41) is 3.82. The van der Waals surface area contributed by atoms with Crippen molar-refractivity contribution in [3.63, 3.8) is 0 Å². The van der Waals surface area contributed by atoms with Crippen molar-refractivity contribution in [2.45, 2.75) is 25.8 Å². The van der Waals surface area contributed by atoms with Crippen molar-refractivity contribution in [1.82, 2.24) is 5.32 Å². The van der Waals surface area contributed by atoms with Crippen molar-refractivity contribution >= 4 is 33.9 Å². The normalized spacial score (nSPS) is 12.1. The molecule has 0 radical (unpaired) electrons. The van der Waals surface area contributed by atoms with E-state index in [4.69, 9.17) is 18.0 Å². The number of carbonyl (C=O) groups excluding carboxylic acids is 1. The summed E-state index contributed by atoms with van der Waals surface area (Å²) in [6.45, 7) is 1.99. The van der Waals surface area contributed by atoms with Gasteiger partial charge in [0.25, 0.3) is 5.91 Å². The maximum atomic E-state index is 13.8. The highest BCUT2D eigenvalue weighted by Gasteiger charge is 2.17. The van der Waals surface area contributed by atoms with Gasteiger partial charge in [-0.05, 0) is 23.9 Å². The molecule has 0 saturated carbocycles. The summed E-state index contributed by atoms with van der Waals surface area (Å²) in [5.74, 6) is -0.640. The van der Waals surface area contributed by atoms with Gasteiger partial charge in [0.1, 0.15) is 5.82 Å². The molecule has 5 heteroatoms. The van der Waals surface area contributed by atoms with Crippen LogP contribution in [-0.4, -0.2) is 16.9 Å². The summed E-state index contributed by atoms with van der Waals surface area (Å²) in [4.78, 5) is 12.7. The number of nitrogens with two attached hydrogens (primary N) is 1. The van der Waals surface area contributed by atoms with Gasteiger partial charge in [-0.15, -0.1) is 0 Å². The molecule has 3 N–H and O–H groups in total. The third-order valence-corrected chi connectivity index (χ3v) is 3.63. The zero-order chi connectivity index (χ0) is 15.4. The first-order valence-corrected chi connectivity index (χ1v) is 7.22. The lowest BCUT2D eigenvalue weighted by molar-refractivity contribution is 0.0947. The van der Waals surface area contributed by atoms with Crippen molar-refractivity contribution < 1.29 is 9.18 Å². The Morgan fingerprint density at radius 3 is 2.57 bits per heavy atom. The first-order chi connectivity index (χ1) is 10.0. The molecule has 0 bridgehead atoms. The van der Waals surface area contributed by atoms with Gasteiger partial charge in [0, 0.05) is 10.9 Å².